The van der Waals surface area contributed by atoms with Gasteiger partial charge in [0, 0.05) is 5.39 Å². The second-order valence-corrected chi connectivity index (χ2v) is 9.62. The summed E-state index contributed by atoms with van der Waals surface area (Å²) in [5.74, 6) is 2.49. The molecule has 5 rings (SSSR count). The first-order chi connectivity index (χ1) is 14.7. The summed E-state index contributed by atoms with van der Waals surface area (Å²) in [6.07, 6.45) is 0. The summed E-state index contributed by atoms with van der Waals surface area (Å²) in [5, 5.41) is 1.08. The third-order valence-corrected chi connectivity index (χ3v) is 6.04. The maximum Gasteiger partial charge on any atom is 0.181 e. The van der Waals surface area contributed by atoms with Crippen molar-refractivity contribution in [2.45, 2.75) is 47.0 Å². The summed E-state index contributed by atoms with van der Waals surface area (Å²) in [5.41, 5.74) is 8.25. The van der Waals surface area contributed by atoms with Gasteiger partial charge in [-0.1, -0.05) is 57.2 Å². The highest BCUT2D eigenvalue weighted by atomic mass is 16.5. The summed E-state index contributed by atoms with van der Waals surface area (Å²) >= 11 is 0. The molecular weight excluding hydrogens is 380 g/mol. The first-order valence-electron chi connectivity index (χ1n) is 10.8. The van der Waals surface area contributed by atoms with Crippen molar-refractivity contribution in [3.8, 4) is 11.5 Å². The molecule has 3 heteroatoms. The van der Waals surface area contributed by atoms with Gasteiger partial charge in [-0.2, -0.15) is 0 Å². The predicted octanol–water partition coefficient (Wildman–Crippen LogP) is 8.03. The number of hydrogen-bond acceptors (Lipinski definition) is 3. The zero-order chi connectivity index (χ0) is 21.9. The molecule has 0 N–H and O–H groups in total. The zero-order valence-electron chi connectivity index (χ0n) is 19.1. The molecular formula is C28H28N2O. The summed E-state index contributed by atoms with van der Waals surface area (Å²) < 4.78 is 6.37. The Morgan fingerprint density at radius 3 is 2.23 bits per heavy atom. The number of pyridine rings is 1. The summed E-state index contributed by atoms with van der Waals surface area (Å²) in [4.78, 5) is 7.32. The molecule has 2 heterocycles. The fourth-order valence-electron chi connectivity index (χ4n) is 4.41. The number of para-hydroxylation sites is 1. The first kappa shape index (κ1) is 19.6. The molecule has 3 nitrogen and oxygen atoms in total. The average molecular weight is 409 g/mol. The van der Waals surface area contributed by atoms with Crippen molar-refractivity contribution in [2.24, 2.45) is 0 Å². The second kappa shape index (κ2) is 6.84. The average Bonchev–Trinajstić information content (AvgIpc) is 2.70. The van der Waals surface area contributed by atoms with E-state index in [2.05, 4.69) is 95.0 Å². The van der Waals surface area contributed by atoms with Crippen molar-refractivity contribution in [1.82, 2.24) is 4.98 Å². The van der Waals surface area contributed by atoms with Gasteiger partial charge in [-0.3, -0.25) is 4.90 Å². The molecule has 0 radical (unpaired) electrons. The maximum atomic E-state index is 6.37. The molecule has 3 aromatic carbocycles. The van der Waals surface area contributed by atoms with Crippen molar-refractivity contribution in [2.75, 3.05) is 4.90 Å². The van der Waals surface area contributed by atoms with Crippen LogP contribution in [0.15, 0.2) is 60.7 Å². The summed E-state index contributed by atoms with van der Waals surface area (Å²) in [6, 6.07) is 21.3. The van der Waals surface area contributed by atoms with Gasteiger partial charge in [-0.15, -0.1) is 0 Å². The van der Waals surface area contributed by atoms with Crippen molar-refractivity contribution in [1.29, 1.82) is 0 Å². The normalized spacial score (nSPS) is 13.0. The Kier molecular flexibility index (Phi) is 4.33. The molecule has 0 spiro atoms. The Bertz CT molecular complexity index is 1310. The van der Waals surface area contributed by atoms with Crippen LogP contribution in [0.2, 0.25) is 0 Å². The van der Waals surface area contributed by atoms with E-state index in [0.29, 0.717) is 0 Å². The lowest BCUT2D eigenvalue weighted by Crippen LogP contribution is -2.20. The Labute approximate surface area is 184 Å². The standard InChI is InChI=1S/C28H28N2O/c1-17-11-12-23-24(13-17)31-25-16-20-9-7-8-10-22(20)29-27(25)30(23)26-18(2)14-21(15-19(26)3)28(4,5)6/h7-16H,1-6H3. The van der Waals surface area contributed by atoms with Gasteiger partial charge in [-0.05, 0) is 72.7 Å². The zero-order valence-corrected chi connectivity index (χ0v) is 19.1. The number of aromatic nitrogens is 1. The van der Waals surface area contributed by atoms with Crippen molar-refractivity contribution < 1.29 is 4.74 Å². The molecule has 0 saturated heterocycles. The highest BCUT2D eigenvalue weighted by Gasteiger charge is 2.30. The minimum atomic E-state index is 0.0977. The molecule has 0 amide bonds. The molecule has 0 aliphatic carbocycles. The molecule has 0 atom stereocenters. The van der Waals surface area contributed by atoms with E-state index in [1.54, 1.807) is 0 Å². The van der Waals surface area contributed by atoms with Crippen LogP contribution in [0.5, 0.6) is 11.5 Å². The van der Waals surface area contributed by atoms with E-state index in [0.717, 1.165) is 33.9 Å². The number of anilines is 3. The maximum absolute atomic E-state index is 6.37. The van der Waals surface area contributed by atoms with Crippen LogP contribution in [0, 0.1) is 20.8 Å². The van der Waals surface area contributed by atoms with Crippen LogP contribution in [0.25, 0.3) is 10.9 Å². The number of benzene rings is 3. The number of fused-ring (bicyclic) bond motifs is 3. The van der Waals surface area contributed by atoms with Gasteiger partial charge < -0.3 is 4.74 Å². The van der Waals surface area contributed by atoms with Gasteiger partial charge in [0.25, 0.3) is 0 Å². The summed E-state index contributed by atoms with van der Waals surface area (Å²) in [6.45, 7) is 13.3. The lowest BCUT2D eigenvalue weighted by molar-refractivity contribution is 0.474. The van der Waals surface area contributed by atoms with E-state index in [1.165, 1.54) is 27.9 Å². The van der Waals surface area contributed by atoms with Gasteiger partial charge >= 0.3 is 0 Å². The quantitative estimate of drug-likeness (QED) is 0.281. The van der Waals surface area contributed by atoms with E-state index in [-0.39, 0.29) is 5.41 Å². The molecule has 4 aromatic rings. The Morgan fingerprint density at radius 1 is 0.806 bits per heavy atom. The van der Waals surface area contributed by atoms with Crippen molar-refractivity contribution in [3.05, 3.63) is 82.9 Å². The lowest BCUT2D eigenvalue weighted by Gasteiger charge is -2.35. The molecule has 0 bridgehead atoms. The van der Waals surface area contributed by atoms with Crippen LogP contribution >= 0.6 is 0 Å². The summed E-state index contributed by atoms with van der Waals surface area (Å²) in [7, 11) is 0. The van der Waals surface area contributed by atoms with Crippen LogP contribution in [0.4, 0.5) is 17.2 Å². The minimum absolute atomic E-state index is 0.0977. The fraction of sp³-hybridized carbons (Fsp3) is 0.250. The van der Waals surface area contributed by atoms with Gasteiger partial charge in [0.2, 0.25) is 0 Å². The molecule has 156 valence electrons. The van der Waals surface area contributed by atoms with Crippen LogP contribution in [-0.2, 0) is 5.41 Å². The number of ether oxygens (including phenoxy) is 1. The number of rotatable bonds is 1. The molecule has 0 unspecified atom stereocenters. The second-order valence-electron chi connectivity index (χ2n) is 9.62. The van der Waals surface area contributed by atoms with E-state index < -0.39 is 0 Å². The lowest BCUT2D eigenvalue weighted by atomic mass is 9.84. The Hall–Kier alpha value is -3.33. The Morgan fingerprint density at radius 2 is 1.52 bits per heavy atom. The SMILES string of the molecule is Cc1ccc2c(c1)Oc1cc3ccccc3nc1N2c1c(C)cc(C(C)(C)C)cc1C. The molecule has 1 aliphatic heterocycles. The molecule has 0 saturated carbocycles. The van der Waals surface area contributed by atoms with Gasteiger partial charge in [0.05, 0.1) is 16.9 Å². The van der Waals surface area contributed by atoms with Crippen molar-refractivity contribution in [3.63, 3.8) is 0 Å². The topological polar surface area (TPSA) is 25.4 Å². The first-order valence-corrected chi connectivity index (χ1v) is 10.8. The largest absolute Gasteiger partial charge is 0.451 e. The minimum Gasteiger partial charge on any atom is -0.451 e. The highest BCUT2D eigenvalue weighted by Crippen LogP contribution is 2.52. The molecule has 1 aromatic heterocycles. The van der Waals surface area contributed by atoms with Gasteiger partial charge in [0.15, 0.2) is 17.3 Å². The number of nitrogens with zero attached hydrogens (tertiary/aromatic N) is 2. The highest BCUT2D eigenvalue weighted by molar-refractivity contribution is 5.92. The van der Waals surface area contributed by atoms with Crippen LogP contribution in [0.3, 0.4) is 0 Å². The van der Waals surface area contributed by atoms with E-state index >= 15 is 0 Å². The Balaban J connectivity index is 1.80. The van der Waals surface area contributed by atoms with Crippen LogP contribution in [-0.4, -0.2) is 4.98 Å². The molecule has 31 heavy (non-hydrogen) atoms. The van der Waals surface area contributed by atoms with Gasteiger partial charge in [0.1, 0.15) is 0 Å². The third kappa shape index (κ3) is 3.25. The van der Waals surface area contributed by atoms with Gasteiger partial charge in [-0.25, -0.2) is 4.98 Å². The molecule has 0 fully saturated rings. The van der Waals surface area contributed by atoms with E-state index in [1.807, 2.05) is 12.1 Å². The molecule has 1 aliphatic rings. The number of aryl methyl sites for hydroxylation is 3. The van der Waals surface area contributed by atoms with Crippen molar-refractivity contribution >= 4 is 28.1 Å². The monoisotopic (exact) mass is 408 g/mol. The van der Waals surface area contributed by atoms with Crippen LogP contribution in [0.1, 0.15) is 43.0 Å². The number of hydrogen-bond donors (Lipinski definition) is 0. The smallest absolute Gasteiger partial charge is 0.181 e. The van der Waals surface area contributed by atoms with E-state index in [4.69, 9.17) is 9.72 Å². The van der Waals surface area contributed by atoms with Crippen LogP contribution < -0.4 is 9.64 Å². The predicted molar refractivity (Wildman–Crippen MR) is 129 cm³/mol. The third-order valence-electron chi connectivity index (χ3n) is 6.04. The van der Waals surface area contributed by atoms with E-state index in [9.17, 15) is 0 Å². The fourth-order valence-corrected chi connectivity index (χ4v) is 4.41.